The molecule has 14 heteroatoms. The van der Waals surface area contributed by atoms with Gasteiger partial charge in [-0.1, -0.05) is 35.3 Å². The van der Waals surface area contributed by atoms with E-state index in [4.69, 9.17) is 42.4 Å². The number of carboxylic acids is 1. The molecule has 0 fully saturated rings. The smallest absolute Gasteiger partial charge is 0.352 e. The molecule has 62 heavy (non-hydrogen) atoms. The zero-order chi connectivity index (χ0) is 44.0. The Bertz CT molecular complexity index is 2860. The Balaban J connectivity index is 1.31. The Morgan fingerprint density at radius 3 is 2.27 bits per heavy atom. The third-order valence-electron chi connectivity index (χ3n) is 11.6. The van der Waals surface area contributed by atoms with Gasteiger partial charge in [-0.2, -0.15) is 0 Å². The third kappa shape index (κ3) is 7.87. The standard InChI is InChI=1S/C48H48Cl2N6O6/c1-26-18-34(19-27(2)43(26)50)61-15-9-12-36-37-13-14-38(49)42(41-30(5)51-25-52-31(41)6)45(37)56-29(4)23-55(47(57)46(36)56)39-22-35(62-17-16-60-7)20-32-21-40(48(58)59)54(44(32)39)24-33-11-8-10-28(3)53-33/h8,10-11,13-14,18-22,25,29H,9,12,15-17,23-24H2,1-7H3,(H,58,59)/t29-/m1/s1. The molecular weight excluding hydrogens is 827 g/mol. The zero-order valence-electron chi connectivity index (χ0n) is 35.8. The summed E-state index contributed by atoms with van der Waals surface area (Å²) in [5, 5.41) is 13.3. The normalized spacial score (nSPS) is 13.9. The number of methoxy groups -OCH3 is 1. The van der Waals surface area contributed by atoms with E-state index in [1.54, 1.807) is 29.0 Å². The number of pyridine rings is 1. The number of aromatic carboxylic acids is 1. The van der Waals surface area contributed by atoms with Crippen LogP contribution in [0, 0.1) is 34.6 Å². The van der Waals surface area contributed by atoms with Gasteiger partial charge >= 0.3 is 5.97 Å². The first-order chi connectivity index (χ1) is 29.8. The molecular formula is C48H48Cl2N6O6. The first-order valence-electron chi connectivity index (χ1n) is 20.6. The van der Waals surface area contributed by atoms with Crippen LogP contribution in [0.25, 0.3) is 32.9 Å². The summed E-state index contributed by atoms with van der Waals surface area (Å²) in [5.41, 5.74) is 9.86. The van der Waals surface area contributed by atoms with Gasteiger partial charge < -0.3 is 33.4 Å². The summed E-state index contributed by atoms with van der Waals surface area (Å²) in [6.07, 6.45) is 2.65. The number of hydrogen-bond donors (Lipinski definition) is 1. The fourth-order valence-electron chi connectivity index (χ4n) is 8.84. The molecule has 1 aliphatic rings. The molecule has 0 saturated carbocycles. The maximum atomic E-state index is 15.7. The highest BCUT2D eigenvalue weighted by atomic mass is 35.5. The second-order valence-corrected chi connectivity index (χ2v) is 16.7. The molecule has 8 rings (SSSR count). The molecule has 1 atom stereocenters. The molecule has 0 radical (unpaired) electrons. The minimum atomic E-state index is -1.10. The second-order valence-electron chi connectivity index (χ2n) is 15.9. The van der Waals surface area contributed by atoms with Crippen LogP contribution in [0.2, 0.25) is 10.0 Å². The summed E-state index contributed by atoms with van der Waals surface area (Å²) in [4.78, 5) is 44.2. The molecule has 320 valence electrons. The lowest BCUT2D eigenvalue weighted by atomic mass is 9.97. The maximum absolute atomic E-state index is 15.7. The van der Waals surface area contributed by atoms with E-state index in [2.05, 4.69) is 21.5 Å². The molecule has 4 aromatic heterocycles. The first-order valence-corrected chi connectivity index (χ1v) is 21.3. The van der Waals surface area contributed by atoms with Gasteiger partial charge in [-0.3, -0.25) is 9.78 Å². The van der Waals surface area contributed by atoms with Gasteiger partial charge in [-0.25, -0.2) is 14.8 Å². The summed E-state index contributed by atoms with van der Waals surface area (Å²) < 4.78 is 21.6. The largest absolute Gasteiger partial charge is 0.494 e. The van der Waals surface area contributed by atoms with Crippen molar-refractivity contribution in [2.45, 2.75) is 67.0 Å². The van der Waals surface area contributed by atoms with Gasteiger partial charge in [0.2, 0.25) is 0 Å². The van der Waals surface area contributed by atoms with Crippen molar-refractivity contribution in [3.05, 3.63) is 128 Å². The number of halogens is 2. The lowest BCUT2D eigenvalue weighted by Crippen LogP contribution is -2.43. The maximum Gasteiger partial charge on any atom is 0.352 e. The Hall–Kier alpha value is -5.95. The highest BCUT2D eigenvalue weighted by Gasteiger charge is 2.38. The number of carbonyl (C=O) groups excluding carboxylic acids is 1. The Morgan fingerprint density at radius 2 is 1.58 bits per heavy atom. The number of carbonyl (C=O) groups is 2. The number of carboxylic acid groups (broad SMARTS) is 1. The van der Waals surface area contributed by atoms with E-state index in [0.717, 1.165) is 61.6 Å². The third-order valence-corrected chi connectivity index (χ3v) is 12.5. The monoisotopic (exact) mass is 874 g/mol. The number of benzene rings is 3. The molecule has 0 unspecified atom stereocenters. The molecule has 5 heterocycles. The van der Waals surface area contributed by atoms with Crippen LogP contribution < -0.4 is 14.4 Å². The molecule has 1 N–H and O–H groups in total. The number of ether oxygens (including phenoxy) is 3. The zero-order valence-corrected chi connectivity index (χ0v) is 37.3. The lowest BCUT2D eigenvalue weighted by molar-refractivity contribution is 0.0686. The molecule has 0 spiro atoms. The van der Waals surface area contributed by atoms with Gasteiger partial charge in [-0.15, -0.1) is 0 Å². The molecule has 0 aliphatic carbocycles. The Morgan fingerprint density at radius 1 is 0.871 bits per heavy atom. The molecule has 1 amide bonds. The van der Waals surface area contributed by atoms with Crippen molar-refractivity contribution in [1.82, 2.24) is 24.1 Å². The van der Waals surface area contributed by atoms with E-state index in [9.17, 15) is 9.90 Å². The highest BCUT2D eigenvalue weighted by molar-refractivity contribution is 6.35. The van der Waals surface area contributed by atoms with Crippen molar-refractivity contribution in [3.63, 3.8) is 0 Å². The summed E-state index contributed by atoms with van der Waals surface area (Å²) in [5.74, 6) is -0.136. The van der Waals surface area contributed by atoms with E-state index in [1.165, 1.54) is 0 Å². The fourth-order valence-corrected chi connectivity index (χ4v) is 9.20. The molecule has 12 nitrogen and oxygen atoms in total. The van der Waals surface area contributed by atoms with Crippen molar-refractivity contribution < 1.29 is 28.9 Å². The predicted octanol–water partition coefficient (Wildman–Crippen LogP) is 10.3. The van der Waals surface area contributed by atoms with Crippen LogP contribution in [0.5, 0.6) is 11.5 Å². The Kier molecular flexibility index (Phi) is 12.0. The van der Waals surface area contributed by atoms with Crippen LogP contribution in [0.1, 0.15) is 79.8 Å². The van der Waals surface area contributed by atoms with Gasteiger partial charge in [0.15, 0.2) is 0 Å². The van der Waals surface area contributed by atoms with Crippen LogP contribution >= 0.6 is 23.2 Å². The predicted molar refractivity (Wildman–Crippen MR) is 243 cm³/mol. The second kappa shape index (κ2) is 17.4. The van der Waals surface area contributed by atoms with Gasteiger partial charge in [0.1, 0.15) is 35.8 Å². The molecule has 1 aliphatic heterocycles. The Labute approximate surface area is 370 Å². The van der Waals surface area contributed by atoms with Crippen molar-refractivity contribution in [3.8, 4) is 22.6 Å². The van der Waals surface area contributed by atoms with Gasteiger partial charge in [0.25, 0.3) is 5.91 Å². The van der Waals surface area contributed by atoms with E-state index < -0.39 is 5.97 Å². The van der Waals surface area contributed by atoms with E-state index in [1.807, 2.05) is 89.2 Å². The van der Waals surface area contributed by atoms with Crippen LogP contribution in [-0.2, 0) is 17.7 Å². The molecule has 3 aromatic carbocycles. The summed E-state index contributed by atoms with van der Waals surface area (Å²) >= 11 is 13.6. The SMILES string of the molecule is COCCOc1cc(N2C[C@@H](C)n3c(c(CCCOc4cc(C)c(Cl)c(C)c4)c4ccc(Cl)c(-c5c(C)ncnc5C)c43)C2=O)c2c(c1)cc(C(=O)O)n2Cc1cccc(C)n1. The molecule has 7 aromatic rings. The van der Waals surface area contributed by atoms with Crippen LogP contribution in [0.15, 0.2) is 67.0 Å². The van der Waals surface area contributed by atoms with Crippen LogP contribution in [0.3, 0.4) is 0 Å². The minimum absolute atomic E-state index is 0.0621. The quantitative estimate of drug-likeness (QED) is 0.106. The van der Waals surface area contributed by atoms with Crippen molar-refractivity contribution in [2.75, 3.05) is 38.4 Å². The summed E-state index contributed by atoms with van der Waals surface area (Å²) in [7, 11) is 1.60. The van der Waals surface area contributed by atoms with Crippen LogP contribution in [0.4, 0.5) is 5.69 Å². The number of amides is 1. The van der Waals surface area contributed by atoms with Gasteiger partial charge in [0.05, 0.1) is 47.2 Å². The number of rotatable bonds is 14. The van der Waals surface area contributed by atoms with E-state index in [-0.39, 0.29) is 37.3 Å². The topological polar surface area (TPSA) is 134 Å². The number of hydrogen-bond acceptors (Lipinski definition) is 8. The van der Waals surface area contributed by atoms with Crippen molar-refractivity contribution in [2.24, 2.45) is 0 Å². The number of anilines is 1. The summed E-state index contributed by atoms with van der Waals surface area (Å²) in [6.45, 7) is 13.2. The number of aromatic nitrogens is 5. The van der Waals surface area contributed by atoms with E-state index >= 15 is 4.79 Å². The fraction of sp³-hybridized carbons (Fsp3) is 0.312. The molecule has 0 saturated heterocycles. The molecule has 0 bridgehead atoms. The summed E-state index contributed by atoms with van der Waals surface area (Å²) in [6, 6.07) is 18.4. The van der Waals surface area contributed by atoms with E-state index in [0.29, 0.717) is 69.8 Å². The lowest BCUT2D eigenvalue weighted by Gasteiger charge is -2.35. The average molecular weight is 876 g/mol. The van der Waals surface area contributed by atoms with Gasteiger partial charge in [0, 0.05) is 69.8 Å². The van der Waals surface area contributed by atoms with Crippen molar-refractivity contribution >= 4 is 62.6 Å². The first kappa shape index (κ1) is 42.7. The highest BCUT2D eigenvalue weighted by Crippen LogP contribution is 2.46. The minimum Gasteiger partial charge on any atom is -0.494 e. The number of fused-ring (bicyclic) bond motifs is 4. The number of nitrogens with zero attached hydrogens (tertiary/aromatic N) is 6. The van der Waals surface area contributed by atoms with Gasteiger partial charge in [-0.05, 0) is 114 Å². The van der Waals surface area contributed by atoms with Crippen LogP contribution in [-0.4, -0.2) is 74.5 Å². The average Bonchev–Trinajstić information content (AvgIpc) is 3.76. The van der Waals surface area contributed by atoms with Crippen molar-refractivity contribution in [1.29, 1.82) is 0 Å². The number of aryl methyl sites for hydroxylation is 6.